The number of anilines is 1. The first-order chi connectivity index (χ1) is 17.4. The van der Waals surface area contributed by atoms with Crippen molar-refractivity contribution in [3.8, 4) is 11.1 Å². The number of sulfone groups is 1. The number of hydrogen-bond acceptors (Lipinski definition) is 6. The minimum Gasteiger partial charge on any atom is -0.367 e. The predicted octanol–water partition coefficient (Wildman–Crippen LogP) is 5.41. The third-order valence-corrected chi connectivity index (χ3v) is 8.74. The number of pyridine rings is 2. The number of nitrogens with two attached hydrogens (primary N) is 1. The van der Waals surface area contributed by atoms with Crippen LogP contribution in [-0.4, -0.2) is 36.2 Å². The first-order valence-electron chi connectivity index (χ1n) is 11.6. The van der Waals surface area contributed by atoms with Gasteiger partial charge in [-0.3, -0.25) is 4.98 Å². The van der Waals surface area contributed by atoms with Gasteiger partial charge in [0.05, 0.1) is 22.3 Å². The van der Waals surface area contributed by atoms with Crippen molar-refractivity contribution in [2.24, 2.45) is 5.73 Å². The van der Waals surface area contributed by atoms with E-state index in [0.29, 0.717) is 42.6 Å². The van der Waals surface area contributed by atoms with Crippen molar-refractivity contribution in [2.75, 3.05) is 11.9 Å². The van der Waals surface area contributed by atoms with Crippen molar-refractivity contribution in [3.63, 3.8) is 0 Å². The molecule has 198 valence electrons. The van der Waals surface area contributed by atoms with E-state index >= 15 is 0 Å². The second kappa shape index (κ2) is 10.3. The first-order valence-corrected chi connectivity index (χ1v) is 13.1. The van der Waals surface area contributed by atoms with Crippen LogP contribution in [-0.2, 0) is 21.9 Å². The summed E-state index contributed by atoms with van der Waals surface area (Å²) in [6, 6.07) is 10.9. The molecule has 1 aliphatic rings. The zero-order valence-electron chi connectivity index (χ0n) is 19.6. The number of alkyl halides is 5. The fourth-order valence-corrected chi connectivity index (χ4v) is 6.11. The second-order valence-corrected chi connectivity index (χ2v) is 11.2. The van der Waals surface area contributed by atoms with E-state index in [9.17, 15) is 30.4 Å². The van der Waals surface area contributed by atoms with Gasteiger partial charge in [-0.2, -0.15) is 22.0 Å². The fourth-order valence-electron chi connectivity index (χ4n) is 4.32. The Labute approximate surface area is 211 Å². The molecule has 1 aromatic carbocycles. The molecule has 3 aromatic rings. The van der Waals surface area contributed by atoms with E-state index in [2.05, 4.69) is 15.3 Å². The Hall–Kier alpha value is -3.12. The van der Waals surface area contributed by atoms with Gasteiger partial charge in [0.25, 0.3) is 0 Å². The molecule has 1 fully saturated rings. The van der Waals surface area contributed by atoms with Crippen LogP contribution in [0.5, 0.6) is 0 Å². The van der Waals surface area contributed by atoms with E-state index in [-0.39, 0.29) is 10.9 Å². The minimum atomic E-state index is -4.46. The van der Waals surface area contributed by atoms with Crippen LogP contribution in [0.4, 0.5) is 27.8 Å². The highest BCUT2D eigenvalue weighted by Gasteiger charge is 2.34. The van der Waals surface area contributed by atoms with Crippen LogP contribution in [0.1, 0.15) is 36.9 Å². The van der Waals surface area contributed by atoms with E-state index in [0.717, 1.165) is 12.3 Å². The molecule has 12 heteroatoms. The number of benzene rings is 1. The SMILES string of the molecule is NCC(F)(F)c1cc(-c2ccc(S(=O)(=O)C3CCC(Nc4ccc(C(F)(F)F)cn4)CC3)cc2)ccn1. The van der Waals surface area contributed by atoms with E-state index in [1.807, 2.05) is 0 Å². The van der Waals surface area contributed by atoms with Gasteiger partial charge in [-0.1, -0.05) is 12.1 Å². The van der Waals surface area contributed by atoms with E-state index in [1.54, 1.807) is 18.2 Å². The highest BCUT2D eigenvalue weighted by Crippen LogP contribution is 2.33. The van der Waals surface area contributed by atoms with Crippen LogP contribution in [0.3, 0.4) is 0 Å². The van der Waals surface area contributed by atoms with Gasteiger partial charge in [0.1, 0.15) is 11.5 Å². The molecule has 0 radical (unpaired) electrons. The molecule has 3 N–H and O–H groups in total. The summed E-state index contributed by atoms with van der Waals surface area (Å²) < 4.78 is 92.3. The lowest BCUT2D eigenvalue weighted by atomic mass is 9.95. The number of rotatable bonds is 7. The van der Waals surface area contributed by atoms with Gasteiger partial charge in [0, 0.05) is 18.4 Å². The highest BCUT2D eigenvalue weighted by atomic mass is 32.2. The van der Waals surface area contributed by atoms with Gasteiger partial charge in [-0.15, -0.1) is 0 Å². The van der Waals surface area contributed by atoms with E-state index < -0.39 is 45.0 Å². The van der Waals surface area contributed by atoms with Crippen molar-refractivity contribution in [1.29, 1.82) is 0 Å². The maximum absolute atomic E-state index is 13.9. The van der Waals surface area contributed by atoms with Gasteiger partial charge in [-0.05, 0) is 73.2 Å². The molecule has 0 spiro atoms. The first kappa shape index (κ1) is 26.9. The minimum absolute atomic E-state index is 0.106. The summed E-state index contributed by atoms with van der Waals surface area (Å²) in [4.78, 5) is 7.64. The lowest BCUT2D eigenvalue weighted by Gasteiger charge is -2.29. The molecule has 0 unspecified atom stereocenters. The molecule has 0 amide bonds. The number of halogens is 5. The number of aromatic nitrogens is 2. The third kappa shape index (κ3) is 6.07. The molecule has 2 heterocycles. The Kier molecular flexibility index (Phi) is 7.52. The topological polar surface area (TPSA) is 98.0 Å². The largest absolute Gasteiger partial charge is 0.417 e. The van der Waals surface area contributed by atoms with Gasteiger partial charge >= 0.3 is 12.1 Å². The highest BCUT2D eigenvalue weighted by molar-refractivity contribution is 7.92. The predicted molar refractivity (Wildman–Crippen MR) is 129 cm³/mol. The van der Waals surface area contributed by atoms with Crippen LogP contribution in [0.25, 0.3) is 11.1 Å². The maximum Gasteiger partial charge on any atom is 0.417 e. The third-order valence-electron chi connectivity index (χ3n) is 6.46. The summed E-state index contributed by atoms with van der Waals surface area (Å²) in [5, 5.41) is 2.47. The summed E-state index contributed by atoms with van der Waals surface area (Å²) in [5.41, 5.74) is 4.86. The van der Waals surface area contributed by atoms with Crippen LogP contribution >= 0.6 is 0 Å². The Bertz CT molecular complexity index is 1320. The number of nitrogens with one attached hydrogen (secondary N) is 1. The molecule has 37 heavy (non-hydrogen) atoms. The summed E-state index contributed by atoms with van der Waals surface area (Å²) in [6.07, 6.45) is -0.658. The fraction of sp³-hybridized carbons (Fsp3) is 0.360. The zero-order chi connectivity index (χ0) is 26.8. The Morgan fingerprint density at radius 3 is 2.14 bits per heavy atom. The zero-order valence-corrected chi connectivity index (χ0v) is 20.4. The van der Waals surface area contributed by atoms with Crippen molar-refractivity contribution in [2.45, 2.75) is 54.0 Å². The number of nitrogens with zero attached hydrogens (tertiary/aromatic N) is 2. The quantitative estimate of drug-likeness (QED) is 0.389. The molecule has 0 aliphatic heterocycles. The maximum atomic E-state index is 13.9. The molecule has 6 nitrogen and oxygen atoms in total. The molecule has 0 atom stereocenters. The standard InChI is InChI=1S/C25H25F5N4O2S/c26-24(27,15-31)22-13-17(11-12-32-22)16-1-6-20(7-2-16)37(35,36)21-8-4-19(5-9-21)34-23-10-3-18(14-33-23)25(28,29)30/h1-3,6-7,10-14,19,21H,4-5,8-9,15,31H2,(H,33,34). The summed E-state index contributed by atoms with van der Waals surface area (Å²) in [7, 11) is -3.63. The van der Waals surface area contributed by atoms with Crippen LogP contribution < -0.4 is 11.1 Å². The Balaban J connectivity index is 1.39. The van der Waals surface area contributed by atoms with Gasteiger partial charge < -0.3 is 11.1 Å². The Morgan fingerprint density at radius 1 is 0.892 bits per heavy atom. The monoisotopic (exact) mass is 540 g/mol. The summed E-state index contributed by atoms with van der Waals surface area (Å²) in [5.74, 6) is -2.96. The lowest BCUT2D eigenvalue weighted by molar-refractivity contribution is -0.137. The van der Waals surface area contributed by atoms with Crippen molar-refractivity contribution in [3.05, 3.63) is 72.2 Å². The van der Waals surface area contributed by atoms with Crippen molar-refractivity contribution in [1.82, 2.24) is 9.97 Å². The average molecular weight is 541 g/mol. The lowest BCUT2D eigenvalue weighted by Crippen LogP contribution is -2.33. The molecule has 2 aromatic heterocycles. The molecular weight excluding hydrogens is 515 g/mol. The Morgan fingerprint density at radius 2 is 1.57 bits per heavy atom. The average Bonchev–Trinajstić information content (AvgIpc) is 2.89. The van der Waals surface area contributed by atoms with Gasteiger partial charge in [0.2, 0.25) is 0 Å². The molecular formula is C25H25F5N4O2S. The van der Waals surface area contributed by atoms with Crippen molar-refractivity contribution < 1.29 is 30.4 Å². The van der Waals surface area contributed by atoms with Crippen molar-refractivity contribution >= 4 is 15.7 Å². The molecule has 1 aliphatic carbocycles. The van der Waals surface area contributed by atoms with Crippen LogP contribution in [0, 0.1) is 0 Å². The van der Waals surface area contributed by atoms with Gasteiger partial charge in [-0.25, -0.2) is 13.4 Å². The van der Waals surface area contributed by atoms with E-state index in [1.165, 1.54) is 30.5 Å². The number of hydrogen-bond donors (Lipinski definition) is 2. The van der Waals surface area contributed by atoms with E-state index in [4.69, 9.17) is 5.73 Å². The second-order valence-electron chi connectivity index (χ2n) is 8.96. The molecule has 1 saturated carbocycles. The normalized spacial score (nSPS) is 19.0. The molecule has 0 bridgehead atoms. The summed E-state index contributed by atoms with van der Waals surface area (Å²) >= 11 is 0. The molecule has 4 rings (SSSR count). The smallest absolute Gasteiger partial charge is 0.367 e. The van der Waals surface area contributed by atoms with Crippen LogP contribution in [0.15, 0.2) is 65.8 Å². The van der Waals surface area contributed by atoms with Gasteiger partial charge in [0.15, 0.2) is 9.84 Å². The van der Waals surface area contributed by atoms with Crippen LogP contribution in [0.2, 0.25) is 0 Å². The summed E-state index contributed by atoms with van der Waals surface area (Å²) in [6.45, 7) is -0.876. The molecule has 0 saturated heterocycles.